The van der Waals surface area contributed by atoms with Crippen LogP contribution in [0.5, 0.6) is 0 Å². The van der Waals surface area contributed by atoms with Crippen molar-refractivity contribution < 1.29 is 14.7 Å². The second-order valence-corrected chi connectivity index (χ2v) is 4.10. The van der Waals surface area contributed by atoms with Gasteiger partial charge < -0.3 is 10.4 Å². The van der Waals surface area contributed by atoms with Crippen molar-refractivity contribution in [1.82, 2.24) is 5.32 Å². The van der Waals surface area contributed by atoms with Gasteiger partial charge >= 0.3 is 5.97 Å². The Morgan fingerprint density at radius 1 is 1.40 bits per heavy atom. The number of carbonyl (C=O) groups is 2. The van der Waals surface area contributed by atoms with Gasteiger partial charge in [0.2, 0.25) is 5.91 Å². The van der Waals surface area contributed by atoms with Gasteiger partial charge in [0.1, 0.15) is 0 Å². The van der Waals surface area contributed by atoms with Gasteiger partial charge in [-0.05, 0) is 12.8 Å². The zero-order valence-corrected chi connectivity index (χ0v) is 8.79. The molecule has 2 N–H and O–H groups in total. The molecule has 0 aromatic carbocycles. The smallest absolute Gasteiger partial charge is 0.305 e. The number of hydrogen-bond donors (Lipinski definition) is 2. The third-order valence-electron chi connectivity index (χ3n) is 2.78. The Morgan fingerprint density at radius 2 is 2.00 bits per heavy atom. The number of carbonyl (C=O) groups excluding carboxylic acids is 1. The fraction of sp³-hybridized carbons (Fsp3) is 0.636. The summed E-state index contributed by atoms with van der Waals surface area (Å²) < 4.78 is 0. The van der Waals surface area contributed by atoms with E-state index in [0.717, 1.165) is 25.7 Å². The minimum atomic E-state index is -0.851. The van der Waals surface area contributed by atoms with Crippen molar-refractivity contribution in [3.05, 3.63) is 12.7 Å². The average molecular weight is 211 g/mol. The molecule has 1 rings (SSSR count). The van der Waals surface area contributed by atoms with Crippen molar-refractivity contribution in [3.63, 3.8) is 0 Å². The highest BCUT2D eigenvalue weighted by molar-refractivity contribution is 5.79. The van der Waals surface area contributed by atoms with Crippen LogP contribution in [0, 0.1) is 0 Å². The van der Waals surface area contributed by atoms with Crippen molar-refractivity contribution in [3.8, 4) is 0 Å². The van der Waals surface area contributed by atoms with Crippen LogP contribution >= 0.6 is 0 Å². The Kier molecular flexibility index (Phi) is 3.88. The average Bonchev–Trinajstić information content (AvgIpc) is 2.51. The van der Waals surface area contributed by atoms with E-state index in [2.05, 4.69) is 11.9 Å². The second-order valence-electron chi connectivity index (χ2n) is 4.10. The van der Waals surface area contributed by atoms with E-state index in [1.165, 1.54) is 6.08 Å². The SMILES string of the molecule is C=CCC(=O)NC1(CC(=O)O)CCCC1. The molecule has 0 aromatic heterocycles. The molecule has 0 saturated heterocycles. The second kappa shape index (κ2) is 4.96. The van der Waals surface area contributed by atoms with Crippen molar-refractivity contribution in [1.29, 1.82) is 0 Å². The zero-order valence-electron chi connectivity index (χ0n) is 8.79. The maximum Gasteiger partial charge on any atom is 0.305 e. The van der Waals surface area contributed by atoms with E-state index in [1.807, 2.05) is 0 Å². The first-order valence-electron chi connectivity index (χ1n) is 5.22. The lowest BCUT2D eigenvalue weighted by atomic mass is 9.93. The fourth-order valence-corrected chi connectivity index (χ4v) is 2.17. The van der Waals surface area contributed by atoms with Crippen molar-refractivity contribution >= 4 is 11.9 Å². The first-order valence-corrected chi connectivity index (χ1v) is 5.22. The molecule has 0 atom stereocenters. The molecule has 15 heavy (non-hydrogen) atoms. The molecule has 84 valence electrons. The van der Waals surface area contributed by atoms with Crippen LogP contribution in [0.2, 0.25) is 0 Å². The largest absolute Gasteiger partial charge is 0.481 e. The summed E-state index contributed by atoms with van der Waals surface area (Å²) in [7, 11) is 0. The molecule has 1 amide bonds. The van der Waals surface area contributed by atoms with Gasteiger partial charge in [-0.25, -0.2) is 0 Å². The highest BCUT2D eigenvalue weighted by atomic mass is 16.4. The highest BCUT2D eigenvalue weighted by Gasteiger charge is 2.36. The molecule has 4 heteroatoms. The number of carboxylic acids is 1. The zero-order chi connectivity index (χ0) is 11.3. The van der Waals surface area contributed by atoms with Gasteiger partial charge in [0.25, 0.3) is 0 Å². The van der Waals surface area contributed by atoms with Crippen LogP contribution in [0.1, 0.15) is 38.5 Å². The van der Waals surface area contributed by atoms with Gasteiger partial charge in [-0.3, -0.25) is 9.59 Å². The van der Waals surface area contributed by atoms with Crippen molar-refractivity contribution in [2.24, 2.45) is 0 Å². The first kappa shape index (κ1) is 11.8. The molecule has 4 nitrogen and oxygen atoms in total. The summed E-state index contributed by atoms with van der Waals surface area (Å²) in [6, 6.07) is 0. The molecule has 0 heterocycles. The fourth-order valence-electron chi connectivity index (χ4n) is 2.17. The lowest BCUT2D eigenvalue weighted by Gasteiger charge is -2.28. The number of amides is 1. The molecule has 0 bridgehead atoms. The maximum atomic E-state index is 11.4. The van der Waals surface area contributed by atoms with Gasteiger partial charge in [-0.1, -0.05) is 18.9 Å². The van der Waals surface area contributed by atoms with E-state index in [-0.39, 0.29) is 18.7 Å². The van der Waals surface area contributed by atoms with Crippen molar-refractivity contribution in [2.75, 3.05) is 0 Å². The standard InChI is InChI=1S/C11H17NO3/c1-2-5-9(13)12-11(8-10(14)15)6-3-4-7-11/h2H,1,3-8H2,(H,12,13)(H,14,15). The molecule has 0 aromatic rings. The lowest BCUT2D eigenvalue weighted by molar-refractivity contribution is -0.139. The molecule has 1 aliphatic carbocycles. The Balaban J connectivity index is 2.60. The quantitative estimate of drug-likeness (QED) is 0.677. The minimum Gasteiger partial charge on any atom is -0.481 e. The molecule has 1 fully saturated rings. The molecule has 1 aliphatic rings. The Bertz CT molecular complexity index is 267. The monoisotopic (exact) mass is 211 g/mol. The van der Waals surface area contributed by atoms with Gasteiger partial charge in [0.15, 0.2) is 0 Å². The molecule has 0 spiro atoms. The van der Waals surface area contributed by atoms with Crippen LogP contribution in [0.15, 0.2) is 12.7 Å². The normalized spacial score (nSPS) is 18.4. The topological polar surface area (TPSA) is 66.4 Å². The van der Waals surface area contributed by atoms with Crippen LogP contribution in [-0.4, -0.2) is 22.5 Å². The molecular formula is C11H17NO3. The molecular weight excluding hydrogens is 194 g/mol. The van der Waals surface area contributed by atoms with E-state index < -0.39 is 11.5 Å². The van der Waals surface area contributed by atoms with E-state index in [0.29, 0.717) is 0 Å². The van der Waals surface area contributed by atoms with Crippen LogP contribution in [0.3, 0.4) is 0 Å². The maximum absolute atomic E-state index is 11.4. The van der Waals surface area contributed by atoms with Gasteiger partial charge in [-0.15, -0.1) is 6.58 Å². The van der Waals surface area contributed by atoms with Gasteiger partial charge in [0.05, 0.1) is 12.0 Å². The third kappa shape index (κ3) is 3.38. The summed E-state index contributed by atoms with van der Waals surface area (Å²) in [4.78, 5) is 22.1. The van der Waals surface area contributed by atoms with E-state index in [1.54, 1.807) is 0 Å². The van der Waals surface area contributed by atoms with E-state index in [4.69, 9.17) is 5.11 Å². The Labute approximate surface area is 89.4 Å². The number of rotatable bonds is 5. The molecule has 1 saturated carbocycles. The predicted molar refractivity (Wildman–Crippen MR) is 56.4 cm³/mol. The third-order valence-corrected chi connectivity index (χ3v) is 2.78. The Hall–Kier alpha value is -1.32. The Morgan fingerprint density at radius 3 is 2.47 bits per heavy atom. The van der Waals surface area contributed by atoms with Gasteiger partial charge in [0, 0.05) is 6.42 Å². The predicted octanol–water partition coefficient (Wildman–Crippen LogP) is 1.47. The van der Waals surface area contributed by atoms with Crippen LogP contribution in [0.4, 0.5) is 0 Å². The van der Waals surface area contributed by atoms with E-state index >= 15 is 0 Å². The number of aliphatic carboxylic acids is 1. The van der Waals surface area contributed by atoms with Gasteiger partial charge in [-0.2, -0.15) is 0 Å². The van der Waals surface area contributed by atoms with Crippen LogP contribution in [0.25, 0.3) is 0 Å². The minimum absolute atomic E-state index is 0.0237. The highest BCUT2D eigenvalue weighted by Crippen LogP contribution is 2.32. The molecule has 0 unspecified atom stereocenters. The number of hydrogen-bond acceptors (Lipinski definition) is 2. The summed E-state index contributed by atoms with van der Waals surface area (Å²) >= 11 is 0. The summed E-state index contributed by atoms with van der Waals surface area (Å²) in [5.41, 5.74) is -0.508. The summed E-state index contributed by atoms with van der Waals surface area (Å²) in [5, 5.41) is 11.6. The summed E-state index contributed by atoms with van der Waals surface area (Å²) in [6.45, 7) is 3.48. The molecule has 0 aliphatic heterocycles. The lowest BCUT2D eigenvalue weighted by Crippen LogP contribution is -2.47. The van der Waals surface area contributed by atoms with Crippen molar-refractivity contribution in [2.45, 2.75) is 44.1 Å². The van der Waals surface area contributed by atoms with E-state index in [9.17, 15) is 9.59 Å². The summed E-state index contributed by atoms with van der Waals surface area (Å²) in [5.74, 6) is -0.982. The first-order chi connectivity index (χ1) is 7.08. The number of nitrogens with one attached hydrogen (secondary N) is 1. The molecule has 0 radical (unpaired) electrons. The summed E-state index contributed by atoms with van der Waals surface area (Å²) in [6.07, 6.45) is 5.31. The van der Waals surface area contributed by atoms with Crippen LogP contribution < -0.4 is 5.32 Å². The van der Waals surface area contributed by atoms with Crippen LogP contribution in [-0.2, 0) is 9.59 Å². The number of carboxylic acid groups (broad SMARTS) is 1.